The molecular weight excluding hydrogens is 636 g/mol. The van der Waals surface area contributed by atoms with Gasteiger partial charge in [0.05, 0.1) is 24.0 Å². The molecule has 0 aliphatic carbocycles. The topological polar surface area (TPSA) is 156 Å². The van der Waals surface area contributed by atoms with Crippen molar-refractivity contribution >= 4 is 48.8 Å². The predicted octanol–water partition coefficient (Wildman–Crippen LogP) is 4.74. The van der Waals surface area contributed by atoms with Crippen LogP contribution in [0.1, 0.15) is 40.5 Å². The normalized spacial score (nSPS) is 22.2. The number of amides is 2. The Balaban J connectivity index is 1.28. The Bertz CT molecular complexity index is 1790. The van der Waals surface area contributed by atoms with Crippen molar-refractivity contribution in [3.63, 3.8) is 0 Å². The quantitative estimate of drug-likeness (QED) is 0.139. The van der Waals surface area contributed by atoms with Crippen molar-refractivity contribution in [1.29, 1.82) is 0 Å². The SMILES string of the molecule is C[C@H]1[C@H]([Si](C)(C)O)[C@@H](CCn2cc(CCO)nn2)O[C@]12C(=O)N(Cc1cccc(NC(=O)c3ccc(N)cc3)c1)c1ccc(Cl)cc12. The summed E-state index contributed by atoms with van der Waals surface area (Å²) in [4.78, 5) is 40.9. The molecule has 0 unspecified atom stereocenters. The van der Waals surface area contributed by atoms with Gasteiger partial charge in [0.1, 0.15) is 0 Å². The molecule has 4 atom stereocenters. The summed E-state index contributed by atoms with van der Waals surface area (Å²) in [5.41, 5.74) is 8.70. The van der Waals surface area contributed by atoms with Crippen LogP contribution in [-0.2, 0) is 34.6 Å². The molecular formula is C34H39ClN6O5Si. The molecule has 246 valence electrons. The van der Waals surface area contributed by atoms with Gasteiger partial charge >= 0.3 is 0 Å². The fourth-order valence-electron chi connectivity index (χ4n) is 7.18. The van der Waals surface area contributed by atoms with Crippen LogP contribution in [0.15, 0.2) is 72.9 Å². The summed E-state index contributed by atoms with van der Waals surface area (Å²) in [6.07, 6.45) is 2.29. The number of carbonyl (C=O) groups is 2. The van der Waals surface area contributed by atoms with E-state index < -0.39 is 20.0 Å². The second-order valence-corrected chi connectivity index (χ2v) is 17.3. The van der Waals surface area contributed by atoms with E-state index in [1.165, 1.54) is 0 Å². The van der Waals surface area contributed by atoms with E-state index in [0.717, 1.165) is 5.56 Å². The molecule has 11 nitrogen and oxygen atoms in total. The molecule has 6 rings (SSSR count). The highest BCUT2D eigenvalue weighted by Gasteiger charge is 2.66. The van der Waals surface area contributed by atoms with Crippen molar-refractivity contribution in [1.82, 2.24) is 15.0 Å². The second-order valence-electron chi connectivity index (χ2n) is 12.9. The molecule has 1 fully saturated rings. The van der Waals surface area contributed by atoms with Gasteiger partial charge < -0.3 is 30.6 Å². The maximum Gasteiger partial charge on any atom is 0.264 e. The number of nitrogens with one attached hydrogen (secondary N) is 1. The summed E-state index contributed by atoms with van der Waals surface area (Å²) in [5.74, 6) is -0.828. The number of hydrogen-bond donors (Lipinski definition) is 4. The molecule has 47 heavy (non-hydrogen) atoms. The van der Waals surface area contributed by atoms with Gasteiger partial charge in [-0.25, -0.2) is 0 Å². The minimum atomic E-state index is -2.86. The van der Waals surface area contributed by atoms with E-state index in [0.29, 0.717) is 58.3 Å². The summed E-state index contributed by atoms with van der Waals surface area (Å²) in [6.45, 7) is 6.46. The number of aryl methyl sites for hydroxylation is 1. The van der Waals surface area contributed by atoms with Gasteiger partial charge in [-0.1, -0.05) is 35.9 Å². The monoisotopic (exact) mass is 674 g/mol. The number of rotatable bonds is 10. The van der Waals surface area contributed by atoms with Crippen molar-refractivity contribution in [3.8, 4) is 0 Å². The number of nitrogens with two attached hydrogens (primary N) is 1. The Kier molecular flexibility index (Phi) is 8.98. The molecule has 1 saturated heterocycles. The van der Waals surface area contributed by atoms with Crippen molar-refractivity contribution in [2.24, 2.45) is 5.92 Å². The molecule has 3 aromatic carbocycles. The van der Waals surface area contributed by atoms with Crippen LogP contribution in [0.4, 0.5) is 17.1 Å². The fourth-order valence-corrected chi connectivity index (χ4v) is 9.96. The van der Waals surface area contributed by atoms with Gasteiger partial charge in [0.15, 0.2) is 13.9 Å². The van der Waals surface area contributed by atoms with Crippen LogP contribution < -0.4 is 16.0 Å². The average Bonchev–Trinajstić information content (AvgIpc) is 3.66. The third-order valence-electron chi connectivity index (χ3n) is 9.24. The Morgan fingerprint density at radius 1 is 1.15 bits per heavy atom. The molecule has 1 spiro atoms. The lowest BCUT2D eigenvalue weighted by Crippen LogP contribution is -2.46. The lowest BCUT2D eigenvalue weighted by Gasteiger charge is -2.32. The number of nitrogen functional groups attached to an aromatic ring is 1. The van der Waals surface area contributed by atoms with E-state index in [2.05, 4.69) is 15.6 Å². The Morgan fingerprint density at radius 3 is 2.64 bits per heavy atom. The standard InChI is InChI=1S/C34H39ClN6O5Si/c1-21-31(47(2,3)45)30(13-15-40-20-27(14-16-42)38-39-40)46-34(21)28-18-24(35)9-12-29(28)41(33(34)44)19-22-5-4-6-26(17-22)37-32(43)23-7-10-25(36)11-8-23/h4-12,17-18,20-21,30-31,42,45H,13-16,19,36H2,1-3H3,(H,37,43)/t21-,30+,31-,34+/m0/s1. The van der Waals surface area contributed by atoms with Crippen molar-refractivity contribution in [2.45, 2.75) is 63.2 Å². The first-order valence-electron chi connectivity index (χ1n) is 15.7. The first kappa shape index (κ1) is 32.9. The number of halogens is 1. The number of benzene rings is 3. The van der Waals surface area contributed by atoms with Crippen LogP contribution in [0.5, 0.6) is 0 Å². The predicted molar refractivity (Wildman–Crippen MR) is 182 cm³/mol. The maximum atomic E-state index is 14.7. The molecule has 3 heterocycles. The smallest absolute Gasteiger partial charge is 0.264 e. The van der Waals surface area contributed by atoms with Gasteiger partial charge in [-0.15, -0.1) is 5.10 Å². The molecule has 4 aromatic rings. The van der Waals surface area contributed by atoms with E-state index in [9.17, 15) is 19.5 Å². The zero-order valence-electron chi connectivity index (χ0n) is 26.6. The molecule has 2 aliphatic heterocycles. The molecule has 0 saturated carbocycles. The van der Waals surface area contributed by atoms with Crippen molar-refractivity contribution < 1.29 is 24.2 Å². The zero-order valence-corrected chi connectivity index (χ0v) is 28.3. The van der Waals surface area contributed by atoms with E-state index in [1.807, 2.05) is 44.3 Å². The van der Waals surface area contributed by atoms with Crippen LogP contribution in [0.2, 0.25) is 23.7 Å². The van der Waals surface area contributed by atoms with Gasteiger partial charge in [0.2, 0.25) is 0 Å². The first-order chi connectivity index (χ1) is 22.4. The number of carbonyl (C=O) groups excluding carboxylic acids is 2. The third kappa shape index (κ3) is 6.31. The first-order valence-corrected chi connectivity index (χ1v) is 19.1. The van der Waals surface area contributed by atoms with Crippen molar-refractivity contribution in [3.05, 3.63) is 100 Å². The minimum absolute atomic E-state index is 0.0139. The largest absolute Gasteiger partial charge is 0.432 e. The van der Waals surface area contributed by atoms with E-state index in [1.54, 1.807) is 58.2 Å². The lowest BCUT2D eigenvalue weighted by molar-refractivity contribution is -0.146. The highest BCUT2D eigenvalue weighted by atomic mass is 35.5. The summed E-state index contributed by atoms with van der Waals surface area (Å²) in [6, 6.07) is 19.5. The highest BCUT2D eigenvalue weighted by Crippen LogP contribution is 2.60. The molecule has 0 radical (unpaired) electrons. The van der Waals surface area contributed by atoms with Gasteiger partial charge in [0.25, 0.3) is 11.8 Å². The van der Waals surface area contributed by atoms with Gasteiger partial charge in [-0.3, -0.25) is 14.3 Å². The van der Waals surface area contributed by atoms with E-state index in [-0.39, 0.29) is 36.4 Å². The fraction of sp³-hybridized carbons (Fsp3) is 0.353. The van der Waals surface area contributed by atoms with Gasteiger partial charge in [0, 0.05) is 64.8 Å². The van der Waals surface area contributed by atoms with E-state index >= 15 is 0 Å². The van der Waals surface area contributed by atoms with Crippen LogP contribution in [-0.4, -0.2) is 57.7 Å². The zero-order chi connectivity index (χ0) is 33.5. The second kappa shape index (κ2) is 12.9. The highest BCUT2D eigenvalue weighted by molar-refractivity contribution is 6.71. The number of aromatic nitrogens is 3. The van der Waals surface area contributed by atoms with Crippen LogP contribution in [0.25, 0.3) is 0 Å². The average molecular weight is 675 g/mol. The summed E-state index contributed by atoms with van der Waals surface area (Å²) >= 11 is 6.54. The molecule has 13 heteroatoms. The number of aliphatic hydroxyl groups is 1. The van der Waals surface area contributed by atoms with E-state index in [4.69, 9.17) is 22.1 Å². The lowest BCUT2D eigenvalue weighted by atomic mass is 9.82. The summed E-state index contributed by atoms with van der Waals surface area (Å²) < 4.78 is 8.60. The number of ether oxygens (including phenoxy) is 1. The number of nitrogens with zero attached hydrogens (tertiary/aromatic N) is 4. The molecule has 2 amide bonds. The van der Waals surface area contributed by atoms with Gasteiger partial charge in [-0.05, 0) is 79.7 Å². The molecule has 2 aliphatic rings. The summed E-state index contributed by atoms with van der Waals surface area (Å²) in [7, 11) is -2.86. The van der Waals surface area contributed by atoms with Gasteiger partial charge in [-0.2, -0.15) is 0 Å². The minimum Gasteiger partial charge on any atom is -0.432 e. The third-order valence-corrected chi connectivity index (χ3v) is 12.0. The van der Waals surface area contributed by atoms with Crippen LogP contribution in [0, 0.1) is 5.92 Å². The Hall–Kier alpha value is -4.07. The number of anilines is 3. The Labute approximate surface area is 279 Å². The Morgan fingerprint density at radius 2 is 1.91 bits per heavy atom. The van der Waals surface area contributed by atoms with Crippen LogP contribution >= 0.6 is 11.6 Å². The maximum absolute atomic E-state index is 14.7. The molecule has 5 N–H and O–H groups in total. The van der Waals surface area contributed by atoms with Crippen LogP contribution in [0.3, 0.4) is 0 Å². The molecule has 1 aromatic heterocycles. The summed E-state index contributed by atoms with van der Waals surface area (Å²) in [5, 5.41) is 21.0. The number of fused-ring (bicyclic) bond motifs is 2. The molecule has 0 bridgehead atoms. The number of aliphatic hydroxyl groups excluding tert-OH is 1. The van der Waals surface area contributed by atoms with Crippen molar-refractivity contribution in [2.75, 3.05) is 22.6 Å². The number of hydrogen-bond acceptors (Lipinski definition) is 8.